The molecule has 0 aliphatic rings. The highest BCUT2D eigenvalue weighted by atomic mass is 32.1. The second-order valence-corrected chi connectivity index (χ2v) is 3.50. The molecule has 7 heteroatoms. The number of alkyl halides is 3. The molecule has 0 saturated carbocycles. The first-order chi connectivity index (χ1) is 7.81. The molecule has 0 bridgehead atoms. The third kappa shape index (κ3) is 2.71. The van der Waals surface area contributed by atoms with E-state index in [0.29, 0.717) is 6.07 Å². The number of benzene rings is 1. The summed E-state index contributed by atoms with van der Waals surface area (Å²) in [6.45, 7) is 0. The Labute approximate surface area is 100 Å². The summed E-state index contributed by atoms with van der Waals surface area (Å²) in [7, 11) is 0.971. The van der Waals surface area contributed by atoms with Crippen molar-refractivity contribution in [3.63, 3.8) is 0 Å². The highest BCUT2D eigenvalue weighted by Gasteiger charge is 2.36. The van der Waals surface area contributed by atoms with Crippen molar-refractivity contribution in [1.82, 2.24) is 0 Å². The van der Waals surface area contributed by atoms with Crippen molar-refractivity contribution in [2.24, 2.45) is 0 Å². The Morgan fingerprint density at radius 2 is 2.06 bits per heavy atom. The smallest absolute Gasteiger partial charge is 0.417 e. The van der Waals surface area contributed by atoms with Crippen molar-refractivity contribution in [3.8, 4) is 6.07 Å². The van der Waals surface area contributed by atoms with Crippen LogP contribution in [0.2, 0.25) is 0 Å². The summed E-state index contributed by atoms with van der Waals surface area (Å²) >= 11 is 3.83. The number of esters is 1. The summed E-state index contributed by atoms with van der Waals surface area (Å²) in [4.78, 5) is 11.2. The van der Waals surface area contributed by atoms with Gasteiger partial charge >= 0.3 is 12.1 Å². The van der Waals surface area contributed by atoms with Gasteiger partial charge in [-0.05, 0) is 12.1 Å². The summed E-state index contributed by atoms with van der Waals surface area (Å²) in [5.41, 5.74) is -2.13. The molecule has 0 atom stereocenters. The zero-order valence-electron chi connectivity index (χ0n) is 8.50. The van der Waals surface area contributed by atoms with Gasteiger partial charge in [-0.15, -0.1) is 12.6 Å². The normalized spacial score (nSPS) is 10.8. The van der Waals surface area contributed by atoms with Crippen LogP contribution in [0.25, 0.3) is 0 Å². The van der Waals surface area contributed by atoms with Crippen molar-refractivity contribution in [1.29, 1.82) is 5.26 Å². The van der Waals surface area contributed by atoms with Crippen LogP contribution in [0.4, 0.5) is 13.2 Å². The zero-order valence-corrected chi connectivity index (χ0v) is 9.39. The first-order valence-electron chi connectivity index (χ1n) is 4.24. The lowest BCUT2D eigenvalue weighted by atomic mass is 10.0. The van der Waals surface area contributed by atoms with Gasteiger partial charge in [0.05, 0.1) is 23.8 Å². The maximum atomic E-state index is 12.7. The van der Waals surface area contributed by atoms with Crippen LogP contribution in [0.5, 0.6) is 0 Å². The van der Waals surface area contributed by atoms with Crippen LogP contribution in [-0.4, -0.2) is 13.1 Å². The van der Waals surface area contributed by atoms with Gasteiger partial charge in [-0.3, -0.25) is 0 Å². The minimum Gasteiger partial charge on any atom is -0.465 e. The summed E-state index contributed by atoms with van der Waals surface area (Å²) in [5, 5.41) is 8.61. The molecule has 0 unspecified atom stereocenters. The summed E-state index contributed by atoms with van der Waals surface area (Å²) in [6.07, 6.45) is -4.74. The van der Waals surface area contributed by atoms with Gasteiger partial charge in [0.1, 0.15) is 6.07 Å². The quantitative estimate of drug-likeness (QED) is 0.624. The Morgan fingerprint density at radius 1 is 1.47 bits per heavy atom. The first kappa shape index (κ1) is 13.4. The molecular formula is C10H6F3NO2S. The molecule has 0 heterocycles. The van der Waals surface area contributed by atoms with E-state index < -0.39 is 23.3 Å². The standard InChI is InChI=1S/C10H6F3NO2S/c1-16-9(15)6-3-8(17)5(4-14)2-7(6)10(11,12)13/h2-3,17H,1H3. The minimum absolute atomic E-state index is 0.0131. The number of nitriles is 1. The van der Waals surface area contributed by atoms with E-state index in [1.54, 1.807) is 6.07 Å². The van der Waals surface area contributed by atoms with E-state index >= 15 is 0 Å². The van der Waals surface area contributed by atoms with E-state index in [4.69, 9.17) is 5.26 Å². The number of carbonyl (C=O) groups is 1. The van der Waals surface area contributed by atoms with Gasteiger partial charge in [-0.25, -0.2) is 4.79 Å². The number of carbonyl (C=O) groups excluding carboxylic acids is 1. The Morgan fingerprint density at radius 3 is 2.47 bits per heavy atom. The fraction of sp³-hybridized carbons (Fsp3) is 0.200. The van der Waals surface area contributed by atoms with Gasteiger partial charge in [0.15, 0.2) is 0 Å². The molecule has 0 amide bonds. The van der Waals surface area contributed by atoms with Gasteiger partial charge < -0.3 is 4.74 Å². The minimum atomic E-state index is -4.74. The molecule has 0 radical (unpaired) electrons. The van der Waals surface area contributed by atoms with Crippen LogP contribution < -0.4 is 0 Å². The van der Waals surface area contributed by atoms with Crippen LogP contribution >= 0.6 is 12.6 Å². The average molecular weight is 261 g/mol. The molecule has 0 aromatic heterocycles. The van der Waals surface area contributed by atoms with Crippen molar-refractivity contribution in [2.75, 3.05) is 7.11 Å². The Hall–Kier alpha value is -1.68. The van der Waals surface area contributed by atoms with E-state index in [-0.39, 0.29) is 10.5 Å². The SMILES string of the molecule is COC(=O)c1cc(S)c(C#N)cc1C(F)(F)F. The molecule has 0 aliphatic carbocycles. The van der Waals surface area contributed by atoms with E-state index in [2.05, 4.69) is 17.4 Å². The maximum absolute atomic E-state index is 12.7. The molecule has 1 aromatic rings. The lowest BCUT2D eigenvalue weighted by Gasteiger charge is -2.12. The van der Waals surface area contributed by atoms with Crippen LogP contribution in [0.1, 0.15) is 21.5 Å². The lowest BCUT2D eigenvalue weighted by molar-refractivity contribution is -0.138. The molecular weight excluding hydrogens is 255 g/mol. The van der Waals surface area contributed by atoms with E-state index in [9.17, 15) is 18.0 Å². The highest BCUT2D eigenvalue weighted by Crippen LogP contribution is 2.34. The third-order valence-corrected chi connectivity index (χ3v) is 2.34. The first-order valence-corrected chi connectivity index (χ1v) is 4.68. The number of methoxy groups -OCH3 is 1. The van der Waals surface area contributed by atoms with Gasteiger partial charge in [0.25, 0.3) is 0 Å². The molecule has 17 heavy (non-hydrogen) atoms. The third-order valence-electron chi connectivity index (χ3n) is 1.97. The second kappa shape index (κ2) is 4.67. The molecule has 0 aliphatic heterocycles. The molecule has 90 valence electrons. The predicted octanol–water partition coefficient (Wildman–Crippen LogP) is 2.65. The summed E-state index contributed by atoms with van der Waals surface area (Å²) in [6, 6.07) is 3.01. The second-order valence-electron chi connectivity index (χ2n) is 3.02. The molecule has 0 saturated heterocycles. The molecule has 3 nitrogen and oxygen atoms in total. The number of rotatable bonds is 1. The fourth-order valence-electron chi connectivity index (χ4n) is 1.19. The maximum Gasteiger partial charge on any atom is 0.417 e. The summed E-state index contributed by atoms with van der Waals surface area (Å²) in [5.74, 6) is -1.13. The summed E-state index contributed by atoms with van der Waals surface area (Å²) < 4.78 is 42.2. The van der Waals surface area contributed by atoms with E-state index in [0.717, 1.165) is 13.2 Å². The van der Waals surface area contributed by atoms with Crippen LogP contribution in [0.15, 0.2) is 17.0 Å². The van der Waals surface area contributed by atoms with Gasteiger partial charge in [-0.1, -0.05) is 0 Å². The Bertz CT molecular complexity index is 505. The molecule has 0 spiro atoms. The van der Waals surface area contributed by atoms with Gasteiger partial charge in [-0.2, -0.15) is 18.4 Å². The molecule has 1 aromatic carbocycles. The molecule has 1 rings (SSSR count). The van der Waals surface area contributed by atoms with E-state index in [1.165, 1.54) is 0 Å². The van der Waals surface area contributed by atoms with Crippen LogP contribution in [0, 0.1) is 11.3 Å². The number of hydrogen-bond donors (Lipinski definition) is 1. The number of thiol groups is 1. The largest absolute Gasteiger partial charge is 0.465 e. The fourth-order valence-corrected chi connectivity index (χ4v) is 1.43. The lowest BCUT2D eigenvalue weighted by Crippen LogP contribution is -2.14. The van der Waals surface area contributed by atoms with E-state index in [1.807, 2.05) is 0 Å². The number of halogens is 3. The van der Waals surface area contributed by atoms with Crippen molar-refractivity contribution in [3.05, 3.63) is 28.8 Å². The number of nitrogens with zero attached hydrogens (tertiary/aromatic N) is 1. The van der Waals surface area contributed by atoms with Crippen LogP contribution in [-0.2, 0) is 10.9 Å². The Balaban J connectivity index is 3.54. The Kier molecular flexibility index (Phi) is 3.68. The average Bonchev–Trinajstić information content (AvgIpc) is 2.26. The molecule has 0 fully saturated rings. The monoisotopic (exact) mass is 261 g/mol. The van der Waals surface area contributed by atoms with Crippen LogP contribution in [0.3, 0.4) is 0 Å². The van der Waals surface area contributed by atoms with Gasteiger partial charge in [0, 0.05) is 4.90 Å². The number of ether oxygens (including phenoxy) is 1. The molecule has 0 N–H and O–H groups in total. The van der Waals surface area contributed by atoms with Crippen molar-refractivity contribution in [2.45, 2.75) is 11.1 Å². The topological polar surface area (TPSA) is 50.1 Å². The van der Waals surface area contributed by atoms with Crippen molar-refractivity contribution < 1.29 is 22.7 Å². The van der Waals surface area contributed by atoms with Gasteiger partial charge in [0.2, 0.25) is 0 Å². The predicted molar refractivity (Wildman–Crippen MR) is 54.8 cm³/mol. The zero-order chi connectivity index (χ0) is 13.2. The van der Waals surface area contributed by atoms with Crippen molar-refractivity contribution >= 4 is 18.6 Å². The highest BCUT2D eigenvalue weighted by molar-refractivity contribution is 7.80. The number of hydrogen-bond acceptors (Lipinski definition) is 4.